The van der Waals surface area contributed by atoms with Crippen molar-refractivity contribution in [3.8, 4) is 11.5 Å². The number of carbonyl (C=O) groups excluding carboxylic acids is 2. The van der Waals surface area contributed by atoms with Crippen molar-refractivity contribution in [2.75, 3.05) is 20.3 Å². The van der Waals surface area contributed by atoms with Gasteiger partial charge < -0.3 is 23.4 Å². The number of furan rings is 1. The van der Waals surface area contributed by atoms with Crippen molar-refractivity contribution in [1.29, 1.82) is 0 Å². The zero-order valence-electron chi connectivity index (χ0n) is 15.1. The number of methoxy groups -OCH3 is 1. The molecule has 1 aromatic heterocycles. The Bertz CT molecular complexity index is 748. The summed E-state index contributed by atoms with van der Waals surface area (Å²) in [5.41, 5.74) is 0.331. The Balaban J connectivity index is 2.03. The summed E-state index contributed by atoms with van der Waals surface area (Å²) in [4.78, 5) is 23.6. The van der Waals surface area contributed by atoms with Crippen molar-refractivity contribution in [3.63, 3.8) is 0 Å². The molecule has 7 nitrogen and oxygen atoms in total. The molecule has 1 heterocycles. The van der Waals surface area contributed by atoms with Crippen LogP contribution in [0.5, 0.6) is 11.5 Å². The van der Waals surface area contributed by atoms with Gasteiger partial charge in [0, 0.05) is 0 Å². The van der Waals surface area contributed by atoms with Gasteiger partial charge in [-0.15, -0.1) is 0 Å². The minimum atomic E-state index is -0.591. The zero-order valence-corrected chi connectivity index (χ0v) is 15.1. The van der Waals surface area contributed by atoms with Crippen molar-refractivity contribution in [2.24, 2.45) is 0 Å². The maximum Gasteiger partial charge on any atom is 0.373 e. The highest BCUT2D eigenvalue weighted by Gasteiger charge is 2.15. The molecule has 1 aromatic carbocycles. The van der Waals surface area contributed by atoms with Gasteiger partial charge in [-0.05, 0) is 43.7 Å². The van der Waals surface area contributed by atoms with Gasteiger partial charge in [-0.1, -0.05) is 6.92 Å². The van der Waals surface area contributed by atoms with E-state index in [0.717, 1.165) is 6.42 Å². The van der Waals surface area contributed by atoms with Crippen molar-refractivity contribution in [3.05, 3.63) is 47.4 Å². The highest BCUT2D eigenvalue weighted by Crippen LogP contribution is 2.29. The van der Waals surface area contributed by atoms with Crippen LogP contribution in [0, 0.1) is 0 Å². The summed E-state index contributed by atoms with van der Waals surface area (Å²) in [5.74, 6) is 0.331. The second-order valence-electron chi connectivity index (χ2n) is 5.28. The van der Waals surface area contributed by atoms with Gasteiger partial charge in [0.05, 0.1) is 25.9 Å². The van der Waals surface area contributed by atoms with Crippen LogP contribution in [0.25, 0.3) is 0 Å². The lowest BCUT2D eigenvalue weighted by atomic mass is 10.2. The lowest BCUT2D eigenvalue weighted by Gasteiger charge is -2.12. The summed E-state index contributed by atoms with van der Waals surface area (Å²) in [5, 5.41) is 0. The van der Waals surface area contributed by atoms with Crippen LogP contribution >= 0.6 is 0 Å². The first-order valence-corrected chi connectivity index (χ1v) is 8.32. The third kappa shape index (κ3) is 5.02. The number of esters is 2. The molecule has 0 unspecified atom stereocenters. The Labute approximate surface area is 151 Å². The molecule has 0 aliphatic carbocycles. The molecule has 0 spiro atoms. The Hall–Kier alpha value is -2.96. The topological polar surface area (TPSA) is 84.2 Å². The van der Waals surface area contributed by atoms with Crippen LogP contribution in [0.15, 0.2) is 34.7 Å². The van der Waals surface area contributed by atoms with Gasteiger partial charge in [-0.25, -0.2) is 9.59 Å². The first-order chi connectivity index (χ1) is 12.6. The highest BCUT2D eigenvalue weighted by atomic mass is 16.6. The number of hydrogen-bond acceptors (Lipinski definition) is 7. The SMILES string of the molecule is CCCOc1ccc(C(=O)OCc2ccc(C(=O)OC)o2)cc1OCC. The van der Waals surface area contributed by atoms with Crippen LogP contribution in [0.2, 0.25) is 0 Å². The Morgan fingerprint density at radius 2 is 1.81 bits per heavy atom. The molecular weight excluding hydrogens is 340 g/mol. The molecule has 7 heteroatoms. The average Bonchev–Trinajstić information content (AvgIpc) is 3.13. The Morgan fingerprint density at radius 1 is 1.00 bits per heavy atom. The summed E-state index contributed by atoms with van der Waals surface area (Å²) < 4.78 is 26.1. The number of benzene rings is 1. The number of rotatable bonds is 9. The molecule has 0 amide bonds. The molecule has 26 heavy (non-hydrogen) atoms. The van der Waals surface area contributed by atoms with Crippen LogP contribution in [-0.2, 0) is 16.1 Å². The highest BCUT2D eigenvalue weighted by molar-refractivity contribution is 5.90. The van der Waals surface area contributed by atoms with Crippen molar-refractivity contribution in [1.82, 2.24) is 0 Å². The van der Waals surface area contributed by atoms with Crippen LogP contribution in [0.4, 0.5) is 0 Å². The molecule has 0 N–H and O–H groups in total. The van der Waals surface area contributed by atoms with Crippen LogP contribution < -0.4 is 9.47 Å². The van der Waals surface area contributed by atoms with E-state index in [1.807, 2.05) is 13.8 Å². The second-order valence-corrected chi connectivity index (χ2v) is 5.28. The second kappa shape index (κ2) is 9.50. The van der Waals surface area contributed by atoms with E-state index >= 15 is 0 Å². The quantitative estimate of drug-likeness (QED) is 0.630. The first kappa shape index (κ1) is 19.4. The Morgan fingerprint density at radius 3 is 2.50 bits per heavy atom. The average molecular weight is 362 g/mol. The minimum Gasteiger partial charge on any atom is -0.490 e. The summed E-state index contributed by atoms with van der Waals surface area (Å²) in [6.07, 6.45) is 0.867. The summed E-state index contributed by atoms with van der Waals surface area (Å²) in [7, 11) is 1.26. The summed E-state index contributed by atoms with van der Waals surface area (Å²) >= 11 is 0. The molecule has 140 valence electrons. The van der Waals surface area contributed by atoms with E-state index in [1.54, 1.807) is 24.3 Å². The predicted molar refractivity (Wildman–Crippen MR) is 92.6 cm³/mol. The fourth-order valence-corrected chi connectivity index (χ4v) is 2.12. The molecule has 0 atom stereocenters. The van der Waals surface area contributed by atoms with Gasteiger partial charge in [0.15, 0.2) is 11.5 Å². The lowest BCUT2D eigenvalue weighted by Crippen LogP contribution is -2.07. The van der Waals surface area contributed by atoms with Crippen LogP contribution in [-0.4, -0.2) is 32.3 Å². The van der Waals surface area contributed by atoms with E-state index in [4.69, 9.17) is 18.6 Å². The molecule has 2 rings (SSSR count). The molecule has 0 fully saturated rings. The molecular formula is C19H22O7. The van der Waals surface area contributed by atoms with E-state index in [1.165, 1.54) is 13.2 Å². The van der Waals surface area contributed by atoms with E-state index in [9.17, 15) is 9.59 Å². The summed E-state index contributed by atoms with van der Waals surface area (Å²) in [6, 6.07) is 7.88. The van der Waals surface area contributed by atoms with Crippen molar-refractivity contribution < 1.29 is 33.0 Å². The molecule has 0 aliphatic heterocycles. The van der Waals surface area contributed by atoms with Gasteiger partial charge in [-0.3, -0.25) is 0 Å². The van der Waals surface area contributed by atoms with Gasteiger partial charge in [0.25, 0.3) is 0 Å². The zero-order chi connectivity index (χ0) is 18.9. The number of ether oxygens (including phenoxy) is 4. The van der Waals surface area contributed by atoms with Crippen LogP contribution in [0.1, 0.15) is 46.9 Å². The fourth-order valence-electron chi connectivity index (χ4n) is 2.12. The van der Waals surface area contributed by atoms with Gasteiger partial charge >= 0.3 is 11.9 Å². The fraction of sp³-hybridized carbons (Fsp3) is 0.368. The van der Waals surface area contributed by atoms with Gasteiger partial charge in [0.1, 0.15) is 12.4 Å². The maximum absolute atomic E-state index is 12.2. The lowest BCUT2D eigenvalue weighted by molar-refractivity contribution is 0.0438. The van der Waals surface area contributed by atoms with E-state index in [0.29, 0.717) is 36.0 Å². The van der Waals surface area contributed by atoms with E-state index in [-0.39, 0.29) is 12.4 Å². The molecule has 0 radical (unpaired) electrons. The Kier molecular flexibility index (Phi) is 7.08. The number of hydrogen-bond donors (Lipinski definition) is 0. The predicted octanol–water partition coefficient (Wildman–Crippen LogP) is 3.61. The van der Waals surface area contributed by atoms with E-state index in [2.05, 4.69) is 4.74 Å². The largest absolute Gasteiger partial charge is 0.490 e. The normalized spacial score (nSPS) is 10.3. The smallest absolute Gasteiger partial charge is 0.373 e. The molecule has 0 saturated carbocycles. The molecule has 0 saturated heterocycles. The molecule has 0 aliphatic rings. The van der Waals surface area contributed by atoms with Gasteiger partial charge in [-0.2, -0.15) is 0 Å². The number of carbonyl (C=O) groups is 2. The monoisotopic (exact) mass is 362 g/mol. The minimum absolute atomic E-state index is 0.0506. The van der Waals surface area contributed by atoms with Crippen LogP contribution in [0.3, 0.4) is 0 Å². The maximum atomic E-state index is 12.2. The first-order valence-electron chi connectivity index (χ1n) is 8.32. The standard InChI is InChI=1S/C19H22O7/c1-4-10-24-15-8-6-13(11-17(15)23-5-2)18(20)25-12-14-7-9-16(26-14)19(21)22-3/h6-9,11H,4-5,10,12H2,1-3H3. The van der Waals surface area contributed by atoms with Crippen molar-refractivity contribution >= 4 is 11.9 Å². The van der Waals surface area contributed by atoms with E-state index < -0.39 is 11.9 Å². The van der Waals surface area contributed by atoms with Crippen molar-refractivity contribution in [2.45, 2.75) is 26.9 Å². The third-order valence-corrected chi connectivity index (χ3v) is 3.33. The third-order valence-electron chi connectivity index (χ3n) is 3.33. The molecule has 2 aromatic rings. The van der Waals surface area contributed by atoms with Gasteiger partial charge in [0.2, 0.25) is 5.76 Å². The molecule has 0 bridgehead atoms. The summed E-state index contributed by atoms with van der Waals surface area (Å²) in [6.45, 7) is 4.76.